The first-order valence-corrected chi connectivity index (χ1v) is 9.79. The van der Waals surface area contributed by atoms with Crippen molar-refractivity contribution in [1.29, 1.82) is 0 Å². The molecule has 1 aromatic carbocycles. The number of thiophene rings is 1. The smallest absolute Gasteiger partial charge is 0.122 e. The molecule has 4 heteroatoms. The summed E-state index contributed by atoms with van der Waals surface area (Å²) in [5, 5.41) is 0. The second-order valence-corrected chi connectivity index (χ2v) is 8.42. The Hall–Kier alpha value is -0.450. The number of ether oxygens (including phenoxy) is 1. The lowest BCUT2D eigenvalue weighted by Gasteiger charge is -2.09. The maximum atomic E-state index is 5.59. The van der Waals surface area contributed by atoms with E-state index in [4.69, 9.17) is 4.74 Å². The van der Waals surface area contributed by atoms with Gasteiger partial charge in [-0.05, 0) is 41.0 Å². The lowest BCUT2D eigenvalue weighted by Crippen LogP contribution is -1.96. The van der Waals surface area contributed by atoms with Crippen molar-refractivity contribution in [3.05, 3.63) is 50.7 Å². The number of rotatable bonds is 2. The normalized spacial score (nSPS) is 18.2. The third-order valence-electron chi connectivity index (χ3n) is 3.90. The first-order chi connectivity index (χ1) is 9.81. The zero-order valence-corrected chi connectivity index (χ0v) is 14.2. The molecule has 1 unspecified atom stereocenters. The fraction of sp³-hybridized carbons (Fsp3) is 0.375. The summed E-state index contributed by atoms with van der Waals surface area (Å²) in [4.78, 5) is 3.35. The van der Waals surface area contributed by atoms with Crippen LogP contribution in [-0.4, -0.2) is 12.4 Å². The highest BCUT2D eigenvalue weighted by molar-refractivity contribution is 9.09. The Morgan fingerprint density at radius 3 is 3.00 bits per heavy atom. The average molecular weight is 367 g/mol. The van der Waals surface area contributed by atoms with Crippen molar-refractivity contribution in [1.82, 2.24) is 0 Å². The van der Waals surface area contributed by atoms with Gasteiger partial charge < -0.3 is 4.74 Å². The van der Waals surface area contributed by atoms with E-state index < -0.39 is 0 Å². The van der Waals surface area contributed by atoms with Gasteiger partial charge in [0.25, 0.3) is 0 Å². The number of halogens is 1. The van der Waals surface area contributed by atoms with Crippen LogP contribution < -0.4 is 4.74 Å². The van der Waals surface area contributed by atoms with E-state index in [1.54, 1.807) is 10.4 Å². The molecule has 1 nitrogen and oxygen atoms in total. The van der Waals surface area contributed by atoms with Crippen LogP contribution in [0.25, 0.3) is 0 Å². The molecular weight excluding hydrogens is 352 g/mol. The summed E-state index contributed by atoms with van der Waals surface area (Å²) in [5.41, 5.74) is 4.25. The monoisotopic (exact) mass is 366 g/mol. The van der Waals surface area contributed by atoms with Gasteiger partial charge in [-0.3, -0.25) is 0 Å². The van der Waals surface area contributed by atoms with Gasteiger partial charge in [0.1, 0.15) is 5.75 Å². The van der Waals surface area contributed by atoms with Crippen LogP contribution in [0.4, 0.5) is 0 Å². The largest absolute Gasteiger partial charge is 0.493 e. The van der Waals surface area contributed by atoms with Crippen LogP contribution in [0.2, 0.25) is 0 Å². The Balaban J connectivity index is 1.66. The second kappa shape index (κ2) is 5.39. The summed E-state index contributed by atoms with van der Waals surface area (Å²) in [6.07, 6.45) is 2.28. The van der Waals surface area contributed by atoms with Gasteiger partial charge in [-0.1, -0.05) is 28.1 Å². The number of alkyl halides is 1. The van der Waals surface area contributed by atoms with Crippen molar-refractivity contribution >= 4 is 39.0 Å². The summed E-state index contributed by atoms with van der Waals surface area (Å²) in [6.45, 7) is 0.830. The maximum Gasteiger partial charge on any atom is 0.122 e. The molecule has 4 rings (SSSR count). The van der Waals surface area contributed by atoms with Crippen LogP contribution in [0.3, 0.4) is 0 Å². The molecule has 0 N–H and O–H groups in total. The topological polar surface area (TPSA) is 9.23 Å². The van der Waals surface area contributed by atoms with E-state index in [1.165, 1.54) is 33.9 Å². The summed E-state index contributed by atoms with van der Waals surface area (Å²) in [6, 6.07) is 9.01. The highest BCUT2D eigenvalue weighted by Gasteiger charge is 2.20. The predicted molar refractivity (Wildman–Crippen MR) is 90.6 cm³/mol. The van der Waals surface area contributed by atoms with E-state index in [0.717, 1.165) is 18.8 Å². The molecule has 2 aliphatic heterocycles. The molecule has 0 saturated heterocycles. The second-order valence-electron chi connectivity index (χ2n) is 5.23. The first-order valence-electron chi connectivity index (χ1n) is 6.90. The quantitative estimate of drug-likeness (QED) is 0.694. The summed E-state index contributed by atoms with van der Waals surface area (Å²) in [7, 11) is 0. The van der Waals surface area contributed by atoms with Crippen molar-refractivity contribution in [2.24, 2.45) is 0 Å². The molecule has 0 radical (unpaired) electrons. The van der Waals surface area contributed by atoms with Crippen LogP contribution in [0.15, 0.2) is 24.3 Å². The number of hydrogen-bond acceptors (Lipinski definition) is 3. The van der Waals surface area contributed by atoms with Gasteiger partial charge in [0.15, 0.2) is 0 Å². The number of fused-ring (bicyclic) bond motifs is 2. The van der Waals surface area contributed by atoms with Crippen molar-refractivity contribution in [2.75, 3.05) is 12.4 Å². The zero-order valence-electron chi connectivity index (χ0n) is 11.0. The molecule has 104 valence electrons. The summed E-state index contributed by atoms with van der Waals surface area (Å²) < 4.78 is 5.59. The molecule has 1 aromatic heterocycles. The van der Waals surface area contributed by atoms with Crippen molar-refractivity contribution < 1.29 is 4.74 Å². The summed E-state index contributed by atoms with van der Waals surface area (Å²) >= 11 is 7.92. The average Bonchev–Trinajstić information content (AvgIpc) is 3.11. The van der Waals surface area contributed by atoms with Gasteiger partial charge in [-0.15, -0.1) is 11.3 Å². The standard InChI is InChI=1S/C16H15BrOS2/c17-16(11-1-2-13-10(7-11)3-5-18-13)15-8-12-9-19-6-4-14(12)20-15/h1-2,7-8,16H,3-6,9H2. The predicted octanol–water partition coefficient (Wildman–Crippen LogP) is 4.96. The molecule has 3 heterocycles. The Morgan fingerprint density at radius 1 is 1.15 bits per heavy atom. The Labute approximate surface area is 135 Å². The minimum absolute atomic E-state index is 0.314. The van der Waals surface area contributed by atoms with Gasteiger partial charge in [-0.25, -0.2) is 0 Å². The van der Waals surface area contributed by atoms with Crippen LogP contribution in [0.5, 0.6) is 5.75 Å². The summed E-state index contributed by atoms with van der Waals surface area (Å²) in [5.74, 6) is 3.52. The first kappa shape index (κ1) is 13.2. The minimum atomic E-state index is 0.314. The van der Waals surface area contributed by atoms with Gasteiger partial charge in [0, 0.05) is 21.9 Å². The van der Waals surface area contributed by atoms with Crippen LogP contribution in [0.1, 0.15) is 31.3 Å². The van der Waals surface area contributed by atoms with E-state index in [-0.39, 0.29) is 0 Å². The van der Waals surface area contributed by atoms with Gasteiger partial charge in [-0.2, -0.15) is 11.8 Å². The molecule has 0 spiro atoms. The van der Waals surface area contributed by atoms with E-state index in [1.807, 2.05) is 23.1 Å². The third-order valence-corrected chi connectivity index (χ3v) is 7.54. The number of aryl methyl sites for hydroxylation is 1. The van der Waals surface area contributed by atoms with Crippen LogP contribution in [-0.2, 0) is 18.6 Å². The van der Waals surface area contributed by atoms with Crippen molar-refractivity contribution in [3.63, 3.8) is 0 Å². The Bertz CT molecular complexity index is 626. The fourth-order valence-corrected chi connectivity index (χ4v) is 5.90. The molecule has 2 aliphatic rings. The van der Waals surface area contributed by atoms with Crippen molar-refractivity contribution in [3.8, 4) is 5.75 Å². The lowest BCUT2D eigenvalue weighted by atomic mass is 10.1. The molecular formula is C16H15BrOS2. The molecule has 2 aromatic rings. The highest BCUT2D eigenvalue weighted by Crippen LogP contribution is 2.41. The van der Waals surface area contributed by atoms with E-state index in [0.29, 0.717) is 4.83 Å². The third kappa shape index (κ3) is 2.32. The molecule has 0 amide bonds. The zero-order chi connectivity index (χ0) is 13.5. The molecule has 0 fully saturated rings. The minimum Gasteiger partial charge on any atom is -0.493 e. The Kier molecular flexibility index (Phi) is 3.57. The lowest BCUT2D eigenvalue weighted by molar-refractivity contribution is 0.357. The van der Waals surface area contributed by atoms with Crippen molar-refractivity contribution in [2.45, 2.75) is 23.4 Å². The molecule has 0 saturated carbocycles. The van der Waals surface area contributed by atoms with E-state index in [2.05, 4.69) is 40.2 Å². The Morgan fingerprint density at radius 2 is 2.10 bits per heavy atom. The van der Waals surface area contributed by atoms with Gasteiger partial charge in [0.2, 0.25) is 0 Å². The molecule has 1 atom stereocenters. The van der Waals surface area contributed by atoms with E-state index >= 15 is 0 Å². The molecule has 0 aliphatic carbocycles. The van der Waals surface area contributed by atoms with Crippen LogP contribution in [0, 0.1) is 0 Å². The number of thioether (sulfide) groups is 1. The number of hydrogen-bond donors (Lipinski definition) is 0. The molecule has 20 heavy (non-hydrogen) atoms. The maximum absolute atomic E-state index is 5.59. The van der Waals surface area contributed by atoms with Gasteiger partial charge >= 0.3 is 0 Å². The number of benzene rings is 1. The molecule has 0 bridgehead atoms. The SMILES string of the molecule is BrC(c1ccc2c(c1)CCO2)c1cc2c(s1)CCSC2. The van der Waals surface area contributed by atoms with Crippen LogP contribution >= 0.6 is 39.0 Å². The highest BCUT2D eigenvalue weighted by atomic mass is 79.9. The fourth-order valence-electron chi connectivity index (χ4n) is 2.82. The van der Waals surface area contributed by atoms with Gasteiger partial charge in [0.05, 0.1) is 11.4 Å². The van der Waals surface area contributed by atoms with E-state index in [9.17, 15) is 0 Å².